The number of imide groups is 2. The maximum absolute atomic E-state index is 14.2. The number of halogens is 2. The molecular weight excluding hydrogens is 480 g/mol. The second kappa shape index (κ2) is 8.46. The molecule has 3 heterocycles. The first-order valence-electron chi connectivity index (χ1n) is 12.9. The maximum atomic E-state index is 14.2. The van der Waals surface area contributed by atoms with Gasteiger partial charge in [-0.15, -0.1) is 0 Å². The molecule has 192 valence electrons. The van der Waals surface area contributed by atoms with Gasteiger partial charge in [0.25, 0.3) is 5.91 Å². The van der Waals surface area contributed by atoms with Crippen molar-refractivity contribution in [1.82, 2.24) is 9.80 Å². The normalized spacial score (nSPS) is 29.9. The number of anilines is 1. The van der Waals surface area contributed by atoms with E-state index in [1.165, 1.54) is 52.3 Å². The molecule has 0 bridgehead atoms. The first-order chi connectivity index (χ1) is 17.8. The number of carbonyl (C=O) groups is 4. The average molecular weight is 508 g/mol. The molecule has 4 aliphatic rings. The van der Waals surface area contributed by atoms with Gasteiger partial charge in [-0.05, 0) is 55.2 Å². The van der Waals surface area contributed by atoms with Crippen LogP contribution in [0.25, 0.3) is 0 Å². The zero-order valence-electron chi connectivity index (χ0n) is 20.4. The Morgan fingerprint density at radius 1 is 0.892 bits per heavy atom. The van der Waals surface area contributed by atoms with Crippen LogP contribution in [-0.4, -0.2) is 45.1 Å². The van der Waals surface area contributed by atoms with Crippen LogP contribution in [0.5, 0.6) is 0 Å². The van der Waals surface area contributed by atoms with E-state index < -0.39 is 52.9 Å². The summed E-state index contributed by atoms with van der Waals surface area (Å²) in [6.45, 7) is 1.72. The second-order valence-electron chi connectivity index (χ2n) is 10.4. The van der Waals surface area contributed by atoms with Crippen LogP contribution in [0, 0.1) is 23.5 Å². The first kappa shape index (κ1) is 23.8. The van der Waals surface area contributed by atoms with E-state index in [9.17, 15) is 28.0 Å². The van der Waals surface area contributed by atoms with Crippen LogP contribution in [-0.2, 0) is 14.4 Å². The molecule has 1 saturated carbocycles. The predicted molar refractivity (Wildman–Crippen MR) is 129 cm³/mol. The molecule has 0 spiro atoms. The van der Waals surface area contributed by atoms with Gasteiger partial charge in [0.1, 0.15) is 17.2 Å². The smallest absolute Gasteiger partial charge is 0.300 e. The number of urea groups is 1. The van der Waals surface area contributed by atoms with E-state index >= 15 is 0 Å². The third-order valence-electron chi connectivity index (χ3n) is 8.68. The fourth-order valence-electron chi connectivity index (χ4n) is 7.11. The maximum Gasteiger partial charge on any atom is 0.332 e. The van der Waals surface area contributed by atoms with Gasteiger partial charge in [0.2, 0.25) is 11.8 Å². The Bertz CT molecular complexity index is 1310. The average Bonchev–Trinajstić information content (AvgIpc) is 3.43. The van der Waals surface area contributed by atoms with E-state index in [1.54, 1.807) is 6.92 Å². The van der Waals surface area contributed by atoms with Crippen LogP contribution in [0.4, 0.5) is 19.3 Å². The summed E-state index contributed by atoms with van der Waals surface area (Å²) in [4.78, 5) is 59.8. The summed E-state index contributed by atoms with van der Waals surface area (Å²) in [7, 11) is 0. The molecular formula is C28H27F2N3O4. The van der Waals surface area contributed by atoms with Gasteiger partial charge >= 0.3 is 6.03 Å². The van der Waals surface area contributed by atoms with Crippen molar-refractivity contribution in [2.24, 2.45) is 11.8 Å². The Morgan fingerprint density at radius 2 is 1.59 bits per heavy atom. The van der Waals surface area contributed by atoms with Gasteiger partial charge in [0.15, 0.2) is 0 Å². The number of hydrogen-bond acceptors (Lipinski definition) is 4. The summed E-state index contributed by atoms with van der Waals surface area (Å²) in [6, 6.07) is 8.75. The SMILES string of the molecule is CC[C@@]12C(=O)N(c3cccc(F)c3)C(=O)N1[C@H](c1ccc(F)cc1)[C@@H]1C(=O)N(C3CCCCC3)C(=O)[C@@H]12. The molecule has 6 rings (SSSR count). The van der Waals surface area contributed by atoms with Crippen molar-refractivity contribution in [3.8, 4) is 0 Å². The zero-order chi connectivity index (χ0) is 26.1. The van der Waals surface area contributed by atoms with Crippen LogP contribution >= 0.6 is 0 Å². The van der Waals surface area contributed by atoms with Crippen LogP contribution in [0.2, 0.25) is 0 Å². The highest BCUT2D eigenvalue weighted by Gasteiger charge is 2.77. The number of benzene rings is 2. The van der Waals surface area contributed by atoms with Gasteiger partial charge in [-0.3, -0.25) is 19.3 Å². The topological polar surface area (TPSA) is 78.0 Å². The van der Waals surface area contributed by atoms with E-state index in [4.69, 9.17) is 0 Å². The van der Waals surface area contributed by atoms with Gasteiger partial charge in [0, 0.05) is 6.04 Å². The summed E-state index contributed by atoms with van der Waals surface area (Å²) in [5.74, 6) is -4.57. The molecule has 37 heavy (non-hydrogen) atoms. The van der Waals surface area contributed by atoms with E-state index in [-0.39, 0.29) is 24.1 Å². The summed E-state index contributed by atoms with van der Waals surface area (Å²) >= 11 is 0. The molecule has 0 unspecified atom stereocenters. The quantitative estimate of drug-likeness (QED) is 0.449. The van der Waals surface area contributed by atoms with Crippen molar-refractivity contribution in [1.29, 1.82) is 0 Å². The molecule has 4 atom stereocenters. The molecule has 2 aromatic carbocycles. The van der Waals surface area contributed by atoms with Crippen LogP contribution in [0.3, 0.4) is 0 Å². The van der Waals surface area contributed by atoms with E-state index in [0.29, 0.717) is 18.4 Å². The zero-order valence-corrected chi connectivity index (χ0v) is 20.4. The number of likely N-dealkylation sites (tertiary alicyclic amines) is 1. The fraction of sp³-hybridized carbons (Fsp3) is 0.429. The predicted octanol–water partition coefficient (Wildman–Crippen LogP) is 4.57. The van der Waals surface area contributed by atoms with Gasteiger partial charge < -0.3 is 4.90 Å². The van der Waals surface area contributed by atoms with Gasteiger partial charge in [0.05, 0.1) is 23.6 Å². The number of hydrogen-bond donors (Lipinski definition) is 0. The molecule has 4 fully saturated rings. The van der Waals surface area contributed by atoms with Crippen LogP contribution in [0.1, 0.15) is 57.1 Å². The Hall–Kier alpha value is -3.62. The lowest BCUT2D eigenvalue weighted by atomic mass is 9.77. The van der Waals surface area contributed by atoms with Crippen molar-refractivity contribution in [2.45, 2.75) is 63.1 Å². The Kier molecular flexibility index (Phi) is 5.43. The minimum absolute atomic E-state index is 0.0625. The number of nitrogens with zero attached hydrogens (tertiary/aromatic N) is 3. The molecule has 2 aromatic rings. The molecule has 5 amide bonds. The number of carbonyl (C=O) groups excluding carboxylic acids is 4. The summed E-state index contributed by atoms with van der Waals surface area (Å²) in [6.07, 6.45) is 4.38. The standard InChI is InChI=1S/C28H27F2N3O4/c1-2-28-22-21(24(34)31(25(22)35)19-8-4-3-5-9-19)23(16-11-13-17(29)14-12-16)33(28)27(37)32(26(28)36)20-10-6-7-18(30)15-20/h6-7,10-15,19,21-23H,2-5,8-9H2,1H3/t21-,22-,23-,28-/m1/s1. The van der Waals surface area contributed by atoms with Crippen LogP contribution < -0.4 is 4.90 Å². The highest BCUT2D eigenvalue weighted by Crippen LogP contribution is 2.60. The minimum Gasteiger partial charge on any atom is -0.300 e. The largest absolute Gasteiger partial charge is 0.332 e. The highest BCUT2D eigenvalue weighted by molar-refractivity contribution is 6.26. The lowest BCUT2D eigenvalue weighted by Gasteiger charge is -2.37. The summed E-state index contributed by atoms with van der Waals surface area (Å²) < 4.78 is 28.0. The lowest BCUT2D eigenvalue weighted by molar-refractivity contribution is -0.147. The number of rotatable bonds is 4. The monoisotopic (exact) mass is 507 g/mol. The van der Waals surface area contributed by atoms with Gasteiger partial charge in [-0.2, -0.15) is 0 Å². The first-order valence-corrected chi connectivity index (χ1v) is 12.9. The third kappa shape index (κ3) is 3.15. The Balaban J connectivity index is 1.53. The van der Waals surface area contributed by atoms with Gasteiger partial charge in [-0.25, -0.2) is 18.5 Å². The molecule has 9 heteroatoms. The molecule has 7 nitrogen and oxygen atoms in total. The number of amides is 5. The van der Waals surface area contributed by atoms with Crippen molar-refractivity contribution in [3.05, 3.63) is 65.7 Å². The highest BCUT2D eigenvalue weighted by atomic mass is 19.1. The van der Waals surface area contributed by atoms with Crippen LogP contribution in [0.15, 0.2) is 48.5 Å². The molecule has 0 N–H and O–H groups in total. The van der Waals surface area contributed by atoms with E-state index in [2.05, 4.69) is 0 Å². The van der Waals surface area contributed by atoms with Crippen molar-refractivity contribution >= 4 is 29.4 Å². The lowest BCUT2D eigenvalue weighted by Crippen LogP contribution is -2.54. The molecule has 0 radical (unpaired) electrons. The van der Waals surface area contributed by atoms with Gasteiger partial charge in [-0.1, -0.05) is 44.4 Å². The van der Waals surface area contributed by atoms with E-state index in [1.807, 2.05) is 0 Å². The Morgan fingerprint density at radius 3 is 2.24 bits per heavy atom. The molecule has 0 aromatic heterocycles. The molecule has 1 aliphatic carbocycles. The summed E-state index contributed by atoms with van der Waals surface area (Å²) in [5, 5.41) is 0. The van der Waals surface area contributed by atoms with Crippen molar-refractivity contribution in [3.63, 3.8) is 0 Å². The summed E-state index contributed by atoms with van der Waals surface area (Å²) in [5.41, 5.74) is -1.07. The second-order valence-corrected chi connectivity index (χ2v) is 10.4. The van der Waals surface area contributed by atoms with Crippen molar-refractivity contribution in [2.75, 3.05) is 4.90 Å². The van der Waals surface area contributed by atoms with E-state index in [0.717, 1.165) is 30.2 Å². The Labute approximate surface area is 213 Å². The van der Waals surface area contributed by atoms with Crippen molar-refractivity contribution < 1.29 is 28.0 Å². The third-order valence-corrected chi connectivity index (χ3v) is 8.68. The minimum atomic E-state index is -1.61. The molecule has 3 aliphatic heterocycles. The molecule has 3 saturated heterocycles. The fourth-order valence-corrected chi connectivity index (χ4v) is 7.11. The number of fused-ring (bicyclic) bond motifs is 3.